The number of carbonyl (C=O) groups is 1. The van der Waals surface area contributed by atoms with E-state index in [0.717, 1.165) is 29.9 Å². The number of rotatable bonds is 4. The third-order valence-corrected chi connectivity index (χ3v) is 4.70. The summed E-state index contributed by atoms with van der Waals surface area (Å²) in [6.07, 6.45) is 5.14. The quantitative estimate of drug-likeness (QED) is 0.739. The molecular weight excluding hydrogens is 342 g/mol. The van der Waals surface area contributed by atoms with E-state index >= 15 is 0 Å². The number of nitrogens with zero attached hydrogens (tertiary/aromatic N) is 5. The zero-order chi connectivity index (χ0) is 18.8. The number of H-pyrrole nitrogens is 1. The van der Waals surface area contributed by atoms with Crippen LogP contribution >= 0.6 is 0 Å². The second-order valence-electron chi connectivity index (χ2n) is 6.65. The Bertz CT molecular complexity index is 954. The van der Waals surface area contributed by atoms with E-state index in [0.29, 0.717) is 23.9 Å². The number of carbonyl (C=O) groups excluding carboxylic acids is 1. The Balaban J connectivity index is 1.62. The largest absolute Gasteiger partial charge is 0.329 e. The van der Waals surface area contributed by atoms with Gasteiger partial charge in [-0.3, -0.25) is 9.89 Å². The van der Waals surface area contributed by atoms with Crippen LogP contribution < -0.4 is 5.32 Å². The predicted octanol–water partition coefficient (Wildman–Crippen LogP) is 2.93. The molecule has 4 rings (SSSR count). The lowest BCUT2D eigenvalue weighted by Crippen LogP contribution is -2.31. The molecule has 0 spiro atoms. The van der Waals surface area contributed by atoms with Crippen LogP contribution in [0.2, 0.25) is 0 Å². The highest BCUT2D eigenvalue weighted by Crippen LogP contribution is 2.33. The Hall–Kier alpha value is -3.29. The third-order valence-electron chi connectivity index (χ3n) is 4.70. The summed E-state index contributed by atoms with van der Waals surface area (Å²) < 4.78 is 0. The van der Waals surface area contributed by atoms with Crippen molar-refractivity contribution in [2.45, 2.75) is 32.7 Å². The highest BCUT2D eigenvalue weighted by atomic mass is 16.2. The molecule has 3 aromatic heterocycles. The van der Waals surface area contributed by atoms with Gasteiger partial charge in [-0.2, -0.15) is 5.10 Å². The summed E-state index contributed by atoms with van der Waals surface area (Å²) >= 11 is 0. The molecule has 1 aliphatic heterocycles. The highest BCUT2D eigenvalue weighted by Gasteiger charge is 2.32. The first-order valence-electron chi connectivity index (χ1n) is 8.96. The van der Waals surface area contributed by atoms with Crippen molar-refractivity contribution in [1.82, 2.24) is 30.0 Å². The molecule has 1 atom stereocenters. The van der Waals surface area contributed by atoms with Crippen LogP contribution in [-0.2, 0) is 0 Å². The van der Waals surface area contributed by atoms with Crippen LogP contribution in [0.15, 0.2) is 36.7 Å². The number of nitrogens with one attached hydrogen (secondary N) is 2. The van der Waals surface area contributed by atoms with Crippen molar-refractivity contribution < 1.29 is 4.79 Å². The van der Waals surface area contributed by atoms with Gasteiger partial charge in [0.25, 0.3) is 5.91 Å². The van der Waals surface area contributed by atoms with Crippen LogP contribution in [0.5, 0.6) is 0 Å². The highest BCUT2D eigenvalue weighted by molar-refractivity contribution is 5.92. The van der Waals surface area contributed by atoms with Crippen LogP contribution in [0.3, 0.4) is 0 Å². The molecule has 0 aromatic carbocycles. The summed E-state index contributed by atoms with van der Waals surface area (Å²) in [5, 5.41) is 9.90. The number of amides is 1. The molecule has 1 aliphatic rings. The van der Waals surface area contributed by atoms with E-state index in [1.807, 2.05) is 36.9 Å². The first-order chi connectivity index (χ1) is 13.1. The molecule has 8 heteroatoms. The van der Waals surface area contributed by atoms with Crippen LogP contribution in [0.25, 0.3) is 0 Å². The zero-order valence-electron chi connectivity index (χ0n) is 15.3. The molecule has 2 N–H and O–H groups in total. The molecule has 1 amide bonds. The number of aromatic amines is 1. The normalized spacial score (nSPS) is 16.5. The molecule has 27 heavy (non-hydrogen) atoms. The van der Waals surface area contributed by atoms with E-state index in [9.17, 15) is 4.79 Å². The minimum Gasteiger partial charge on any atom is -0.329 e. The Morgan fingerprint density at radius 1 is 1.26 bits per heavy atom. The van der Waals surface area contributed by atoms with Crippen LogP contribution in [-0.4, -0.2) is 42.5 Å². The molecule has 0 saturated carbocycles. The van der Waals surface area contributed by atoms with Crippen molar-refractivity contribution in [3.8, 4) is 0 Å². The average Bonchev–Trinajstić information content (AvgIpc) is 3.35. The van der Waals surface area contributed by atoms with Gasteiger partial charge in [0.05, 0.1) is 11.7 Å². The average molecular weight is 363 g/mol. The summed E-state index contributed by atoms with van der Waals surface area (Å²) in [5.41, 5.74) is 2.37. The Labute approximate surface area is 157 Å². The summed E-state index contributed by atoms with van der Waals surface area (Å²) in [5.74, 6) is 2.05. The second-order valence-corrected chi connectivity index (χ2v) is 6.65. The van der Waals surface area contributed by atoms with E-state index in [2.05, 4.69) is 30.5 Å². The van der Waals surface area contributed by atoms with Crippen molar-refractivity contribution >= 4 is 17.5 Å². The molecule has 0 unspecified atom stereocenters. The molecule has 138 valence electrons. The SMILES string of the molecule is Cc1nc(Nc2ncccc2C)cc([C@@H]2CCCN2C(=O)c2ccn[nH]2)n1. The van der Waals surface area contributed by atoms with Crippen molar-refractivity contribution in [3.05, 3.63) is 59.4 Å². The Morgan fingerprint density at radius 2 is 2.15 bits per heavy atom. The van der Waals surface area contributed by atoms with Gasteiger partial charge in [-0.25, -0.2) is 15.0 Å². The number of likely N-dealkylation sites (tertiary alicyclic amines) is 1. The van der Waals surface area contributed by atoms with Crippen LogP contribution in [0.4, 0.5) is 11.6 Å². The lowest BCUT2D eigenvalue weighted by molar-refractivity contribution is 0.0726. The lowest BCUT2D eigenvalue weighted by atomic mass is 10.1. The molecule has 1 fully saturated rings. The number of anilines is 2. The van der Waals surface area contributed by atoms with Crippen molar-refractivity contribution in [2.75, 3.05) is 11.9 Å². The smallest absolute Gasteiger partial charge is 0.272 e. The van der Waals surface area contributed by atoms with E-state index in [-0.39, 0.29) is 11.9 Å². The summed E-state index contributed by atoms with van der Waals surface area (Å²) in [7, 11) is 0. The summed E-state index contributed by atoms with van der Waals surface area (Å²) in [4.78, 5) is 28.1. The number of hydrogen-bond acceptors (Lipinski definition) is 6. The molecule has 0 aliphatic carbocycles. The van der Waals surface area contributed by atoms with Gasteiger partial charge in [-0.05, 0) is 44.4 Å². The Kier molecular flexibility index (Phi) is 4.53. The molecular formula is C19H21N7O. The molecule has 4 heterocycles. The van der Waals surface area contributed by atoms with Crippen LogP contribution in [0.1, 0.15) is 46.5 Å². The molecule has 1 saturated heterocycles. The number of hydrogen-bond donors (Lipinski definition) is 2. The lowest BCUT2D eigenvalue weighted by Gasteiger charge is -2.24. The van der Waals surface area contributed by atoms with E-state index in [1.54, 1.807) is 18.5 Å². The standard InChI is InChI=1S/C19H21N7O/c1-12-5-3-8-20-18(12)24-17-11-15(22-13(2)23-17)16-6-4-10-26(16)19(27)14-7-9-21-25-14/h3,5,7-9,11,16H,4,6,10H2,1-2H3,(H,21,25)(H,20,22,23,24)/t16-/m0/s1. The maximum absolute atomic E-state index is 12.8. The van der Waals surface area contributed by atoms with E-state index < -0.39 is 0 Å². The van der Waals surface area contributed by atoms with E-state index in [4.69, 9.17) is 0 Å². The molecule has 0 radical (unpaired) electrons. The number of aryl methyl sites for hydroxylation is 2. The topological polar surface area (TPSA) is 99.7 Å². The van der Waals surface area contributed by atoms with E-state index in [1.165, 1.54) is 0 Å². The van der Waals surface area contributed by atoms with Gasteiger partial charge in [-0.1, -0.05) is 6.07 Å². The van der Waals surface area contributed by atoms with Gasteiger partial charge in [0.2, 0.25) is 0 Å². The second kappa shape index (κ2) is 7.14. The minimum absolute atomic E-state index is 0.0543. The molecule has 3 aromatic rings. The minimum atomic E-state index is -0.0760. The first-order valence-corrected chi connectivity index (χ1v) is 8.96. The zero-order valence-corrected chi connectivity index (χ0v) is 15.3. The fourth-order valence-electron chi connectivity index (χ4n) is 3.41. The number of aromatic nitrogens is 5. The first kappa shape index (κ1) is 17.1. The van der Waals surface area contributed by atoms with Crippen LogP contribution in [0, 0.1) is 13.8 Å². The maximum Gasteiger partial charge on any atom is 0.272 e. The summed E-state index contributed by atoms with van der Waals surface area (Å²) in [6.45, 7) is 4.55. The van der Waals surface area contributed by atoms with Gasteiger partial charge in [-0.15, -0.1) is 0 Å². The predicted molar refractivity (Wildman–Crippen MR) is 101 cm³/mol. The maximum atomic E-state index is 12.8. The monoisotopic (exact) mass is 363 g/mol. The van der Waals surface area contributed by atoms with Gasteiger partial charge in [0.1, 0.15) is 23.2 Å². The van der Waals surface area contributed by atoms with Gasteiger partial charge in [0.15, 0.2) is 0 Å². The van der Waals surface area contributed by atoms with Gasteiger partial charge in [0, 0.05) is 25.0 Å². The molecule has 8 nitrogen and oxygen atoms in total. The van der Waals surface area contributed by atoms with Crippen molar-refractivity contribution in [3.63, 3.8) is 0 Å². The summed E-state index contributed by atoms with van der Waals surface area (Å²) in [6, 6.07) is 7.41. The number of pyridine rings is 1. The fourth-order valence-corrected chi connectivity index (χ4v) is 3.41. The molecule has 0 bridgehead atoms. The van der Waals surface area contributed by atoms with Crippen molar-refractivity contribution in [1.29, 1.82) is 0 Å². The fraction of sp³-hybridized carbons (Fsp3) is 0.316. The van der Waals surface area contributed by atoms with Gasteiger partial charge >= 0.3 is 0 Å². The van der Waals surface area contributed by atoms with Gasteiger partial charge < -0.3 is 10.2 Å². The third kappa shape index (κ3) is 3.51. The van der Waals surface area contributed by atoms with Crippen molar-refractivity contribution in [2.24, 2.45) is 0 Å². The Morgan fingerprint density at radius 3 is 2.93 bits per heavy atom.